The molecule has 0 unspecified atom stereocenters. The maximum absolute atomic E-state index is 5.92. The van der Waals surface area contributed by atoms with E-state index in [9.17, 15) is 0 Å². The first kappa shape index (κ1) is 14.0. The number of para-hydroxylation sites is 2. The van der Waals surface area contributed by atoms with E-state index in [-0.39, 0.29) is 0 Å². The molecule has 4 nitrogen and oxygen atoms in total. The number of hydrogen-bond acceptors (Lipinski definition) is 5. The molecule has 0 radical (unpaired) electrons. The predicted molar refractivity (Wildman–Crippen MR) is 76.5 cm³/mol. The van der Waals surface area contributed by atoms with Crippen LogP contribution in [0.25, 0.3) is 0 Å². The number of ether oxygens (including phenoxy) is 2. The summed E-state index contributed by atoms with van der Waals surface area (Å²) in [6.45, 7) is 2.49. The summed E-state index contributed by atoms with van der Waals surface area (Å²) < 4.78 is 11.2. The molecule has 0 saturated carbocycles. The Kier molecular flexibility index (Phi) is 4.87. The molecule has 0 saturated heterocycles. The fraction of sp³-hybridized carbons (Fsp3) is 0.231. The number of aromatic nitrogens is 2. The molecule has 1 heterocycles. The van der Waals surface area contributed by atoms with Crippen molar-refractivity contribution in [1.29, 1.82) is 0 Å². The van der Waals surface area contributed by atoms with Crippen LogP contribution in [0, 0.1) is 0 Å². The lowest BCUT2D eigenvalue weighted by Gasteiger charge is -2.10. The fourth-order valence-electron chi connectivity index (χ4n) is 1.44. The van der Waals surface area contributed by atoms with Gasteiger partial charge in [-0.3, -0.25) is 0 Å². The van der Waals surface area contributed by atoms with Crippen LogP contribution in [0.5, 0.6) is 17.4 Å². The third kappa shape index (κ3) is 3.75. The quantitative estimate of drug-likeness (QED) is 0.473. The summed E-state index contributed by atoms with van der Waals surface area (Å²) in [4.78, 5) is 8.30. The van der Waals surface area contributed by atoms with E-state index >= 15 is 0 Å². The van der Waals surface area contributed by atoms with Crippen LogP contribution in [0.3, 0.4) is 0 Å². The van der Waals surface area contributed by atoms with Crippen LogP contribution in [0.2, 0.25) is 5.15 Å². The van der Waals surface area contributed by atoms with Crippen LogP contribution in [0.4, 0.5) is 0 Å². The smallest absolute Gasteiger partial charge is 0.224 e. The molecule has 0 fully saturated rings. The molecule has 0 N–H and O–H groups in total. The molecular weight excluding hydrogens is 284 g/mol. The molecule has 0 spiro atoms. The first-order chi connectivity index (χ1) is 9.22. The van der Waals surface area contributed by atoms with E-state index in [0.29, 0.717) is 34.3 Å². The summed E-state index contributed by atoms with van der Waals surface area (Å²) in [5.74, 6) is 1.67. The minimum atomic E-state index is 0.350. The van der Waals surface area contributed by atoms with Gasteiger partial charge >= 0.3 is 0 Å². The zero-order valence-corrected chi connectivity index (χ0v) is 12.2. The standard InChI is InChI=1S/C13H13ClN2O2S/c1-3-17-9-6-4-5-7-10(9)18-12-8-11(14)15-13(16-12)19-2/h4-8H,3H2,1-2H3. The molecule has 0 aliphatic carbocycles. The molecule has 0 aliphatic heterocycles. The average Bonchev–Trinajstić information content (AvgIpc) is 2.40. The van der Waals surface area contributed by atoms with Crippen molar-refractivity contribution in [1.82, 2.24) is 9.97 Å². The Balaban J connectivity index is 2.28. The van der Waals surface area contributed by atoms with E-state index in [1.165, 1.54) is 11.8 Å². The predicted octanol–water partition coefficient (Wildman–Crippen LogP) is 4.04. The third-order valence-corrected chi connectivity index (χ3v) is 2.94. The van der Waals surface area contributed by atoms with Gasteiger partial charge in [0.2, 0.25) is 5.88 Å². The number of hydrogen-bond donors (Lipinski definition) is 0. The Morgan fingerprint density at radius 2 is 1.95 bits per heavy atom. The largest absolute Gasteiger partial charge is 0.490 e. The molecule has 0 bridgehead atoms. The Bertz CT molecular complexity index is 566. The first-order valence-electron chi connectivity index (χ1n) is 5.71. The van der Waals surface area contributed by atoms with Crippen molar-refractivity contribution >= 4 is 23.4 Å². The molecule has 100 valence electrons. The second-order valence-electron chi connectivity index (χ2n) is 3.50. The van der Waals surface area contributed by atoms with E-state index in [2.05, 4.69) is 9.97 Å². The van der Waals surface area contributed by atoms with Gasteiger partial charge in [0.25, 0.3) is 0 Å². The highest BCUT2D eigenvalue weighted by atomic mass is 35.5. The minimum absolute atomic E-state index is 0.350. The molecule has 0 aliphatic rings. The van der Waals surface area contributed by atoms with Gasteiger partial charge in [-0.15, -0.1) is 0 Å². The topological polar surface area (TPSA) is 44.2 Å². The van der Waals surface area contributed by atoms with E-state index in [0.717, 1.165) is 0 Å². The lowest BCUT2D eigenvalue weighted by atomic mass is 10.3. The highest BCUT2D eigenvalue weighted by Gasteiger charge is 2.08. The van der Waals surface area contributed by atoms with Crippen LogP contribution in [0.1, 0.15) is 6.92 Å². The highest BCUT2D eigenvalue weighted by Crippen LogP contribution is 2.31. The van der Waals surface area contributed by atoms with Crippen molar-refractivity contribution in [3.8, 4) is 17.4 Å². The van der Waals surface area contributed by atoms with Crippen LogP contribution >= 0.6 is 23.4 Å². The first-order valence-corrected chi connectivity index (χ1v) is 7.31. The van der Waals surface area contributed by atoms with Crippen LogP contribution < -0.4 is 9.47 Å². The van der Waals surface area contributed by atoms with Gasteiger partial charge in [0.1, 0.15) is 5.15 Å². The number of nitrogens with zero attached hydrogens (tertiary/aromatic N) is 2. The molecule has 2 aromatic rings. The van der Waals surface area contributed by atoms with E-state index in [4.69, 9.17) is 21.1 Å². The second-order valence-corrected chi connectivity index (χ2v) is 4.66. The number of thioether (sulfide) groups is 1. The fourth-order valence-corrected chi connectivity index (χ4v) is 2.04. The van der Waals surface area contributed by atoms with Gasteiger partial charge in [-0.25, -0.2) is 4.98 Å². The Morgan fingerprint density at radius 1 is 1.21 bits per heavy atom. The van der Waals surface area contributed by atoms with Gasteiger partial charge in [0.05, 0.1) is 6.61 Å². The van der Waals surface area contributed by atoms with E-state index in [1.807, 2.05) is 37.4 Å². The van der Waals surface area contributed by atoms with Gasteiger partial charge in [-0.2, -0.15) is 4.98 Å². The van der Waals surface area contributed by atoms with Gasteiger partial charge in [0.15, 0.2) is 16.7 Å². The van der Waals surface area contributed by atoms with Crippen molar-refractivity contribution in [2.24, 2.45) is 0 Å². The summed E-state index contributed by atoms with van der Waals surface area (Å²) in [7, 11) is 0. The van der Waals surface area contributed by atoms with Crippen molar-refractivity contribution in [3.63, 3.8) is 0 Å². The van der Waals surface area contributed by atoms with Crippen molar-refractivity contribution in [2.45, 2.75) is 12.1 Å². The normalized spacial score (nSPS) is 10.3. The lowest BCUT2D eigenvalue weighted by Crippen LogP contribution is -1.97. The summed E-state index contributed by atoms with van der Waals surface area (Å²) >= 11 is 7.32. The molecular formula is C13H13ClN2O2S. The number of benzene rings is 1. The van der Waals surface area contributed by atoms with Crippen LogP contribution in [-0.4, -0.2) is 22.8 Å². The molecule has 19 heavy (non-hydrogen) atoms. The molecule has 0 atom stereocenters. The van der Waals surface area contributed by atoms with Crippen molar-refractivity contribution < 1.29 is 9.47 Å². The Labute approximate surface area is 121 Å². The van der Waals surface area contributed by atoms with Gasteiger partial charge in [-0.1, -0.05) is 35.5 Å². The van der Waals surface area contributed by atoms with Gasteiger partial charge < -0.3 is 9.47 Å². The number of halogens is 1. The summed E-state index contributed by atoms with van der Waals surface area (Å²) in [6.07, 6.45) is 1.88. The van der Waals surface area contributed by atoms with Crippen LogP contribution in [0.15, 0.2) is 35.5 Å². The highest BCUT2D eigenvalue weighted by molar-refractivity contribution is 7.98. The summed E-state index contributed by atoms with van der Waals surface area (Å²) in [5.41, 5.74) is 0. The molecule has 1 aromatic heterocycles. The number of rotatable bonds is 5. The van der Waals surface area contributed by atoms with Gasteiger partial charge in [-0.05, 0) is 25.3 Å². The average molecular weight is 297 g/mol. The lowest BCUT2D eigenvalue weighted by molar-refractivity contribution is 0.319. The zero-order chi connectivity index (χ0) is 13.7. The van der Waals surface area contributed by atoms with E-state index in [1.54, 1.807) is 6.07 Å². The van der Waals surface area contributed by atoms with Crippen molar-refractivity contribution in [2.75, 3.05) is 12.9 Å². The molecule has 0 amide bonds. The maximum Gasteiger partial charge on any atom is 0.224 e. The summed E-state index contributed by atoms with van der Waals surface area (Å²) in [5, 5.41) is 0.916. The Morgan fingerprint density at radius 3 is 2.63 bits per heavy atom. The summed E-state index contributed by atoms with van der Waals surface area (Å²) in [6, 6.07) is 9.00. The molecule has 1 aromatic carbocycles. The zero-order valence-electron chi connectivity index (χ0n) is 10.6. The van der Waals surface area contributed by atoms with E-state index < -0.39 is 0 Å². The molecule has 2 rings (SSSR count). The SMILES string of the molecule is CCOc1ccccc1Oc1cc(Cl)nc(SC)n1. The Hall–Kier alpha value is -1.46. The van der Waals surface area contributed by atoms with Gasteiger partial charge in [0, 0.05) is 6.07 Å². The molecule has 6 heteroatoms. The van der Waals surface area contributed by atoms with Crippen LogP contribution in [-0.2, 0) is 0 Å². The minimum Gasteiger partial charge on any atom is -0.490 e. The third-order valence-electron chi connectivity index (χ3n) is 2.20. The van der Waals surface area contributed by atoms with Crippen molar-refractivity contribution in [3.05, 3.63) is 35.5 Å². The maximum atomic E-state index is 5.92. The second kappa shape index (κ2) is 6.63. The monoisotopic (exact) mass is 296 g/mol.